The van der Waals surface area contributed by atoms with E-state index in [2.05, 4.69) is 16.4 Å². The minimum absolute atomic E-state index is 0.129. The molecule has 0 spiro atoms. The molecule has 236 valence electrons. The minimum atomic E-state index is -0.343. The number of nitrogens with two attached hydrogens (primary N) is 1. The van der Waals surface area contributed by atoms with E-state index >= 15 is 0 Å². The van der Waals surface area contributed by atoms with Crippen molar-refractivity contribution < 1.29 is 24.4 Å². The predicted molar refractivity (Wildman–Crippen MR) is 175 cm³/mol. The van der Waals surface area contributed by atoms with Crippen molar-refractivity contribution in [3.8, 4) is 34.4 Å². The number of rotatable bonds is 16. The van der Waals surface area contributed by atoms with Gasteiger partial charge in [-0.3, -0.25) is 4.98 Å². The average Bonchev–Trinajstić information content (AvgIpc) is 3.06. The van der Waals surface area contributed by atoms with Gasteiger partial charge in [0.25, 0.3) is 0 Å². The number of aromatic nitrogens is 1. The smallest absolute Gasteiger partial charge is 0.142 e. The molecule has 0 fully saturated rings. The predicted octanol–water partition coefficient (Wildman–Crippen LogP) is 5.56. The van der Waals surface area contributed by atoms with Crippen LogP contribution in [0.1, 0.15) is 34.2 Å². The summed E-state index contributed by atoms with van der Waals surface area (Å²) in [6, 6.07) is 18.5. The molecule has 0 aliphatic heterocycles. The molecular weight excluding hydrogens is 615 g/mol. The standard InChI is InChI=1S/C34H36Cl2N4O5/c1-22-25(5-2-6-28(22)29-7-3-8-31(34(29)36)43-10-4-9-40-27(18-41)19-42)21-45-33-13-32(26(15-38)12-30(33)35)44-20-24-11-23(14-37)16-39-17-24/h2-3,5-8,11-13,16-17,27,40-42H,4,9-10,15,18-21,38H2,1H3. The number of nitrogens with one attached hydrogen (secondary N) is 1. The summed E-state index contributed by atoms with van der Waals surface area (Å²) in [7, 11) is 0. The number of hydrogen-bond donors (Lipinski definition) is 4. The van der Waals surface area contributed by atoms with Crippen molar-refractivity contribution in [1.82, 2.24) is 10.3 Å². The first-order valence-electron chi connectivity index (χ1n) is 14.5. The van der Waals surface area contributed by atoms with E-state index in [1.807, 2.05) is 43.3 Å². The first kappa shape index (κ1) is 34.0. The SMILES string of the molecule is Cc1c(COc2cc(OCc3cncc(C#N)c3)c(CN)cc2Cl)cccc1-c1cccc(OCCCNC(CO)CO)c1Cl. The van der Waals surface area contributed by atoms with Crippen molar-refractivity contribution in [1.29, 1.82) is 5.26 Å². The summed E-state index contributed by atoms with van der Waals surface area (Å²) in [5.41, 5.74) is 11.6. The van der Waals surface area contributed by atoms with Gasteiger partial charge in [-0.1, -0.05) is 53.5 Å². The molecule has 45 heavy (non-hydrogen) atoms. The fraction of sp³-hybridized carbons (Fsp3) is 0.294. The van der Waals surface area contributed by atoms with Crippen molar-refractivity contribution >= 4 is 23.2 Å². The third-order valence-corrected chi connectivity index (χ3v) is 7.87. The second kappa shape index (κ2) is 17.0. The number of aliphatic hydroxyl groups is 2. The number of hydrogen-bond acceptors (Lipinski definition) is 9. The van der Waals surface area contributed by atoms with Crippen LogP contribution in [0, 0.1) is 18.3 Å². The molecule has 0 saturated carbocycles. The van der Waals surface area contributed by atoms with Gasteiger partial charge in [0.15, 0.2) is 0 Å². The second-order valence-electron chi connectivity index (χ2n) is 10.3. The number of nitriles is 1. The Morgan fingerprint density at radius 3 is 2.42 bits per heavy atom. The van der Waals surface area contributed by atoms with Crippen LogP contribution < -0.4 is 25.3 Å². The van der Waals surface area contributed by atoms with Crippen LogP contribution in [-0.4, -0.2) is 47.6 Å². The molecule has 5 N–H and O–H groups in total. The molecule has 9 nitrogen and oxygen atoms in total. The normalized spacial score (nSPS) is 11.0. The number of benzene rings is 3. The van der Waals surface area contributed by atoms with Gasteiger partial charge in [0.05, 0.1) is 41.5 Å². The van der Waals surface area contributed by atoms with E-state index in [0.717, 1.165) is 33.4 Å². The zero-order valence-electron chi connectivity index (χ0n) is 24.9. The van der Waals surface area contributed by atoms with Gasteiger partial charge in [-0.2, -0.15) is 5.26 Å². The summed E-state index contributed by atoms with van der Waals surface area (Å²) in [6.45, 7) is 3.44. The summed E-state index contributed by atoms with van der Waals surface area (Å²) in [4.78, 5) is 4.08. The molecule has 0 saturated heterocycles. The Labute approximate surface area is 273 Å². The Bertz CT molecular complexity index is 1630. The molecule has 3 aromatic carbocycles. The maximum absolute atomic E-state index is 9.18. The van der Waals surface area contributed by atoms with E-state index in [4.69, 9.17) is 48.4 Å². The van der Waals surface area contributed by atoms with Crippen LogP contribution in [0.5, 0.6) is 17.2 Å². The van der Waals surface area contributed by atoms with Crippen LogP contribution >= 0.6 is 23.2 Å². The zero-order valence-corrected chi connectivity index (χ0v) is 26.4. The Morgan fingerprint density at radius 1 is 0.911 bits per heavy atom. The molecule has 11 heteroatoms. The largest absolute Gasteiger partial charge is 0.492 e. The lowest BCUT2D eigenvalue weighted by molar-refractivity contribution is 0.169. The summed E-state index contributed by atoms with van der Waals surface area (Å²) in [5, 5.41) is 31.5. The second-order valence-corrected chi connectivity index (χ2v) is 11.1. The van der Waals surface area contributed by atoms with Crippen LogP contribution in [0.25, 0.3) is 11.1 Å². The van der Waals surface area contributed by atoms with Crippen molar-refractivity contribution in [2.24, 2.45) is 5.73 Å². The number of halogens is 2. The third-order valence-electron chi connectivity index (χ3n) is 7.19. The van der Waals surface area contributed by atoms with Gasteiger partial charge in [-0.15, -0.1) is 0 Å². The minimum Gasteiger partial charge on any atom is -0.492 e. The molecule has 0 amide bonds. The molecular formula is C34H36Cl2N4O5. The van der Waals surface area contributed by atoms with Gasteiger partial charge in [0, 0.05) is 41.7 Å². The number of pyridine rings is 1. The van der Waals surface area contributed by atoms with E-state index in [0.29, 0.717) is 52.4 Å². The lowest BCUT2D eigenvalue weighted by Crippen LogP contribution is -2.36. The highest BCUT2D eigenvalue weighted by Crippen LogP contribution is 2.38. The van der Waals surface area contributed by atoms with Crippen LogP contribution in [0.4, 0.5) is 0 Å². The molecule has 0 atom stereocenters. The molecule has 4 aromatic rings. The lowest BCUT2D eigenvalue weighted by Gasteiger charge is -2.17. The van der Waals surface area contributed by atoms with Gasteiger partial charge < -0.3 is 35.5 Å². The van der Waals surface area contributed by atoms with Gasteiger partial charge >= 0.3 is 0 Å². The molecule has 1 heterocycles. The van der Waals surface area contributed by atoms with E-state index in [9.17, 15) is 10.2 Å². The van der Waals surface area contributed by atoms with Crippen molar-refractivity contribution in [3.63, 3.8) is 0 Å². The molecule has 0 bridgehead atoms. The van der Waals surface area contributed by atoms with Gasteiger partial charge in [0.1, 0.15) is 36.5 Å². The maximum atomic E-state index is 9.18. The first-order valence-corrected chi connectivity index (χ1v) is 15.2. The Morgan fingerprint density at radius 2 is 1.67 bits per heavy atom. The highest BCUT2D eigenvalue weighted by Gasteiger charge is 2.16. The third kappa shape index (κ3) is 9.08. The topological polar surface area (TPSA) is 143 Å². The fourth-order valence-electron chi connectivity index (χ4n) is 4.63. The summed E-state index contributed by atoms with van der Waals surface area (Å²) >= 11 is 13.4. The molecule has 0 radical (unpaired) electrons. The van der Waals surface area contributed by atoms with Crippen LogP contribution in [0.2, 0.25) is 10.0 Å². The highest BCUT2D eigenvalue weighted by molar-refractivity contribution is 6.35. The number of ether oxygens (including phenoxy) is 3. The van der Waals surface area contributed by atoms with Crippen molar-refractivity contribution in [2.75, 3.05) is 26.4 Å². The first-order chi connectivity index (χ1) is 21.9. The van der Waals surface area contributed by atoms with E-state index in [1.54, 1.807) is 24.4 Å². The van der Waals surface area contributed by atoms with Crippen molar-refractivity contribution in [2.45, 2.75) is 39.1 Å². The van der Waals surface area contributed by atoms with Crippen LogP contribution in [0.3, 0.4) is 0 Å². The Kier molecular flexibility index (Phi) is 12.8. The van der Waals surface area contributed by atoms with Crippen molar-refractivity contribution in [3.05, 3.63) is 105 Å². The number of aliphatic hydroxyl groups excluding tert-OH is 2. The van der Waals surface area contributed by atoms with Gasteiger partial charge in [0.2, 0.25) is 0 Å². The zero-order chi connectivity index (χ0) is 32.2. The van der Waals surface area contributed by atoms with E-state index in [1.165, 1.54) is 6.20 Å². The maximum Gasteiger partial charge on any atom is 0.142 e. The summed E-state index contributed by atoms with van der Waals surface area (Å²) < 4.78 is 18.2. The summed E-state index contributed by atoms with van der Waals surface area (Å²) in [5.74, 6) is 1.56. The Hall–Kier alpha value is -3.88. The van der Waals surface area contributed by atoms with E-state index in [-0.39, 0.29) is 39.0 Å². The van der Waals surface area contributed by atoms with Gasteiger partial charge in [-0.05, 0) is 54.8 Å². The van der Waals surface area contributed by atoms with E-state index < -0.39 is 0 Å². The Balaban J connectivity index is 1.45. The van der Waals surface area contributed by atoms with Gasteiger partial charge in [-0.25, -0.2) is 0 Å². The molecule has 0 unspecified atom stereocenters. The molecule has 0 aliphatic carbocycles. The molecule has 0 aliphatic rings. The fourth-order valence-corrected chi connectivity index (χ4v) is 5.16. The van der Waals surface area contributed by atoms with Crippen LogP contribution in [0.15, 0.2) is 67.0 Å². The quantitative estimate of drug-likeness (QED) is 0.115. The summed E-state index contributed by atoms with van der Waals surface area (Å²) in [6.07, 6.45) is 3.82. The molecule has 1 aromatic heterocycles. The van der Waals surface area contributed by atoms with Crippen LogP contribution in [-0.2, 0) is 19.8 Å². The monoisotopic (exact) mass is 650 g/mol. The highest BCUT2D eigenvalue weighted by atomic mass is 35.5. The molecule has 4 rings (SSSR count). The average molecular weight is 652 g/mol. The lowest BCUT2D eigenvalue weighted by atomic mass is 9.96. The number of nitrogens with zero attached hydrogens (tertiary/aromatic N) is 2.